The van der Waals surface area contributed by atoms with Gasteiger partial charge in [-0.1, -0.05) is 0 Å². The Balaban J connectivity index is 1.87. The van der Waals surface area contributed by atoms with Crippen LogP contribution in [0.2, 0.25) is 0 Å². The van der Waals surface area contributed by atoms with E-state index >= 15 is 0 Å². The zero-order valence-corrected chi connectivity index (χ0v) is 12.9. The first kappa shape index (κ1) is 14.9. The number of hydrogen-bond donors (Lipinski definition) is 2. The molecule has 1 fully saturated rings. The summed E-state index contributed by atoms with van der Waals surface area (Å²) in [5.74, 6) is -1.36. The van der Waals surface area contributed by atoms with Crippen molar-refractivity contribution in [3.8, 4) is 0 Å². The molecule has 1 aromatic carbocycles. The standard InChI is InChI=1S/C15H16N2O4S/c1-8-13(18)16-10-7-9(4-5-12(10)22-8)14(19)17-6-2-3-11(17)15(20)21/h4-5,7-8,11H,2-3,6H2,1H3,(H,16,18)(H,20,21)/t8?,11-/m1/s1. The summed E-state index contributed by atoms with van der Waals surface area (Å²) < 4.78 is 0. The summed E-state index contributed by atoms with van der Waals surface area (Å²) in [6.45, 7) is 2.27. The Morgan fingerprint density at radius 3 is 2.91 bits per heavy atom. The van der Waals surface area contributed by atoms with Crippen LogP contribution in [0.5, 0.6) is 0 Å². The Bertz CT molecular complexity index is 661. The molecule has 0 aliphatic carbocycles. The number of nitrogens with one attached hydrogen (secondary N) is 1. The number of fused-ring (bicyclic) bond motifs is 1. The van der Waals surface area contributed by atoms with Crippen molar-refractivity contribution in [3.05, 3.63) is 23.8 Å². The molecule has 0 spiro atoms. The summed E-state index contributed by atoms with van der Waals surface area (Å²) in [7, 11) is 0. The summed E-state index contributed by atoms with van der Waals surface area (Å²) in [5, 5.41) is 11.8. The number of benzene rings is 1. The van der Waals surface area contributed by atoms with Crippen LogP contribution >= 0.6 is 11.8 Å². The average Bonchev–Trinajstić information content (AvgIpc) is 2.97. The highest BCUT2D eigenvalue weighted by Crippen LogP contribution is 2.36. The quantitative estimate of drug-likeness (QED) is 0.868. The molecule has 3 rings (SSSR count). The van der Waals surface area contributed by atoms with E-state index in [9.17, 15) is 19.5 Å². The number of hydrogen-bond acceptors (Lipinski definition) is 4. The van der Waals surface area contributed by atoms with E-state index in [4.69, 9.17) is 0 Å². The topological polar surface area (TPSA) is 86.7 Å². The SMILES string of the molecule is CC1Sc2ccc(C(=O)N3CCC[C@@H]3C(=O)O)cc2NC1=O. The van der Waals surface area contributed by atoms with Gasteiger partial charge >= 0.3 is 5.97 Å². The van der Waals surface area contributed by atoms with Gasteiger partial charge < -0.3 is 15.3 Å². The fourth-order valence-corrected chi connectivity index (χ4v) is 3.70. The van der Waals surface area contributed by atoms with Crippen molar-refractivity contribution < 1.29 is 19.5 Å². The molecule has 116 valence electrons. The van der Waals surface area contributed by atoms with E-state index in [-0.39, 0.29) is 17.1 Å². The third kappa shape index (κ3) is 2.56. The van der Waals surface area contributed by atoms with Crippen LogP contribution in [0, 0.1) is 0 Å². The maximum atomic E-state index is 12.5. The minimum absolute atomic E-state index is 0.0910. The molecule has 2 amide bonds. The van der Waals surface area contributed by atoms with Crippen molar-refractivity contribution in [2.75, 3.05) is 11.9 Å². The van der Waals surface area contributed by atoms with Gasteiger partial charge in [0.05, 0.1) is 10.9 Å². The lowest BCUT2D eigenvalue weighted by Crippen LogP contribution is -2.40. The highest BCUT2D eigenvalue weighted by atomic mass is 32.2. The molecule has 2 aliphatic heterocycles. The number of anilines is 1. The molecule has 1 unspecified atom stereocenters. The number of carbonyl (C=O) groups is 3. The molecule has 6 nitrogen and oxygen atoms in total. The van der Waals surface area contributed by atoms with Crippen LogP contribution in [0.25, 0.3) is 0 Å². The second kappa shape index (κ2) is 5.64. The Morgan fingerprint density at radius 2 is 2.18 bits per heavy atom. The number of thioether (sulfide) groups is 1. The summed E-state index contributed by atoms with van der Waals surface area (Å²) in [4.78, 5) is 37.8. The van der Waals surface area contributed by atoms with Crippen LogP contribution < -0.4 is 5.32 Å². The highest BCUT2D eigenvalue weighted by molar-refractivity contribution is 8.00. The maximum Gasteiger partial charge on any atom is 0.326 e. The van der Waals surface area contributed by atoms with Gasteiger partial charge in [-0.25, -0.2) is 4.79 Å². The van der Waals surface area contributed by atoms with Crippen molar-refractivity contribution in [3.63, 3.8) is 0 Å². The normalized spacial score (nSPS) is 23.9. The van der Waals surface area contributed by atoms with Crippen LogP contribution in [-0.2, 0) is 9.59 Å². The molecule has 1 aromatic rings. The molecular weight excluding hydrogens is 304 g/mol. The Labute approximate surface area is 131 Å². The van der Waals surface area contributed by atoms with Gasteiger partial charge in [-0.3, -0.25) is 9.59 Å². The van der Waals surface area contributed by atoms with Crippen LogP contribution in [0.4, 0.5) is 5.69 Å². The third-order valence-corrected chi connectivity index (χ3v) is 5.13. The molecule has 2 aliphatic rings. The van der Waals surface area contributed by atoms with E-state index in [0.29, 0.717) is 30.6 Å². The van der Waals surface area contributed by atoms with E-state index < -0.39 is 12.0 Å². The second-order valence-electron chi connectivity index (χ2n) is 5.46. The van der Waals surface area contributed by atoms with Gasteiger partial charge in [-0.15, -0.1) is 11.8 Å². The fraction of sp³-hybridized carbons (Fsp3) is 0.400. The summed E-state index contributed by atoms with van der Waals surface area (Å²) in [6, 6.07) is 4.36. The molecule has 7 heteroatoms. The zero-order valence-electron chi connectivity index (χ0n) is 12.0. The number of aliphatic carboxylic acids is 1. The molecule has 2 atom stereocenters. The Morgan fingerprint density at radius 1 is 1.41 bits per heavy atom. The predicted octanol–water partition coefficient (Wildman–Crippen LogP) is 1.81. The zero-order chi connectivity index (χ0) is 15.9. The van der Waals surface area contributed by atoms with Crippen LogP contribution in [0.1, 0.15) is 30.1 Å². The molecule has 0 bridgehead atoms. The van der Waals surface area contributed by atoms with Crippen LogP contribution in [0.15, 0.2) is 23.1 Å². The number of rotatable bonds is 2. The first-order chi connectivity index (χ1) is 10.5. The number of carboxylic acid groups (broad SMARTS) is 1. The van der Waals surface area contributed by atoms with E-state index in [1.54, 1.807) is 18.2 Å². The fourth-order valence-electron chi connectivity index (χ4n) is 2.77. The summed E-state index contributed by atoms with van der Waals surface area (Å²) >= 11 is 1.45. The third-order valence-electron chi connectivity index (χ3n) is 3.96. The summed E-state index contributed by atoms with van der Waals surface area (Å²) in [5.41, 5.74) is 1.02. The largest absolute Gasteiger partial charge is 0.480 e. The van der Waals surface area contributed by atoms with Crippen molar-refractivity contribution in [1.29, 1.82) is 0 Å². The van der Waals surface area contributed by atoms with Crippen LogP contribution in [-0.4, -0.2) is 45.6 Å². The molecule has 0 saturated carbocycles. The monoisotopic (exact) mass is 320 g/mol. The lowest BCUT2D eigenvalue weighted by Gasteiger charge is -2.24. The van der Waals surface area contributed by atoms with Gasteiger partial charge in [0, 0.05) is 17.0 Å². The first-order valence-corrected chi connectivity index (χ1v) is 8.00. The van der Waals surface area contributed by atoms with Gasteiger partial charge in [0.1, 0.15) is 6.04 Å². The van der Waals surface area contributed by atoms with Crippen molar-refractivity contribution in [2.45, 2.75) is 36.0 Å². The molecular formula is C15H16N2O4S. The van der Waals surface area contributed by atoms with Gasteiger partial charge in [0.2, 0.25) is 5.91 Å². The van der Waals surface area contributed by atoms with E-state index in [1.807, 2.05) is 6.92 Å². The van der Waals surface area contributed by atoms with E-state index in [1.165, 1.54) is 16.7 Å². The molecule has 1 saturated heterocycles. The van der Waals surface area contributed by atoms with E-state index in [2.05, 4.69) is 5.32 Å². The summed E-state index contributed by atoms with van der Waals surface area (Å²) in [6.07, 6.45) is 1.17. The number of amides is 2. The molecule has 2 N–H and O–H groups in total. The van der Waals surface area contributed by atoms with Gasteiger partial charge in [0.25, 0.3) is 5.91 Å². The van der Waals surface area contributed by atoms with Crippen molar-refractivity contribution in [2.24, 2.45) is 0 Å². The lowest BCUT2D eigenvalue weighted by atomic mass is 10.1. The predicted molar refractivity (Wildman–Crippen MR) is 82.1 cm³/mol. The molecule has 22 heavy (non-hydrogen) atoms. The first-order valence-electron chi connectivity index (χ1n) is 7.12. The number of likely N-dealkylation sites (tertiary alicyclic amines) is 1. The van der Waals surface area contributed by atoms with Crippen LogP contribution in [0.3, 0.4) is 0 Å². The number of nitrogens with zero attached hydrogens (tertiary/aromatic N) is 1. The minimum Gasteiger partial charge on any atom is -0.480 e. The molecule has 2 heterocycles. The Hall–Kier alpha value is -2.02. The second-order valence-corrected chi connectivity index (χ2v) is 6.84. The number of carboxylic acids is 1. The highest BCUT2D eigenvalue weighted by Gasteiger charge is 2.35. The van der Waals surface area contributed by atoms with Gasteiger partial charge in [0.15, 0.2) is 0 Å². The average molecular weight is 320 g/mol. The Kier molecular flexibility index (Phi) is 3.82. The molecule has 0 radical (unpaired) electrons. The van der Waals surface area contributed by atoms with Crippen molar-refractivity contribution >= 4 is 35.2 Å². The molecule has 0 aromatic heterocycles. The minimum atomic E-state index is -0.971. The van der Waals surface area contributed by atoms with Gasteiger partial charge in [-0.2, -0.15) is 0 Å². The van der Waals surface area contributed by atoms with Gasteiger partial charge in [-0.05, 0) is 38.0 Å². The van der Waals surface area contributed by atoms with E-state index in [0.717, 1.165) is 4.90 Å². The number of carbonyl (C=O) groups excluding carboxylic acids is 2. The smallest absolute Gasteiger partial charge is 0.326 e. The maximum absolute atomic E-state index is 12.5. The lowest BCUT2D eigenvalue weighted by molar-refractivity contribution is -0.141. The van der Waals surface area contributed by atoms with Crippen molar-refractivity contribution in [1.82, 2.24) is 4.90 Å².